The Morgan fingerprint density at radius 3 is 2.24 bits per heavy atom. The summed E-state index contributed by atoms with van der Waals surface area (Å²) in [5.74, 6) is -0.0922. The van der Waals surface area contributed by atoms with Gasteiger partial charge in [0, 0.05) is 18.8 Å². The zero-order valence-electron chi connectivity index (χ0n) is 13.7. The van der Waals surface area contributed by atoms with Gasteiger partial charge < -0.3 is 10.1 Å². The Labute approximate surface area is 146 Å². The molecule has 5 heteroatoms. The van der Waals surface area contributed by atoms with Crippen molar-refractivity contribution >= 4 is 23.0 Å². The van der Waals surface area contributed by atoms with Crippen molar-refractivity contribution in [2.75, 3.05) is 12.4 Å². The van der Waals surface area contributed by atoms with Gasteiger partial charge in [-0.2, -0.15) is 5.11 Å². The van der Waals surface area contributed by atoms with E-state index in [0.717, 1.165) is 11.4 Å². The molecule has 25 heavy (non-hydrogen) atoms. The summed E-state index contributed by atoms with van der Waals surface area (Å²) in [5.41, 5.74) is 2.49. The number of hydrogen-bond acceptors (Lipinski definition) is 5. The summed E-state index contributed by atoms with van der Waals surface area (Å²) in [5, 5.41) is 11.4. The van der Waals surface area contributed by atoms with E-state index in [4.69, 9.17) is 4.74 Å². The molecule has 3 rings (SSSR count). The third kappa shape index (κ3) is 4.29. The van der Waals surface area contributed by atoms with Gasteiger partial charge in [-0.1, -0.05) is 36.4 Å². The van der Waals surface area contributed by atoms with E-state index in [-0.39, 0.29) is 0 Å². The first-order chi connectivity index (χ1) is 12.3. The van der Waals surface area contributed by atoms with Crippen molar-refractivity contribution in [1.29, 1.82) is 0 Å². The van der Waals surface area contributed by atoms with Gasteiger partial charge in [0.05, 0.1) is 11.3 Å². The first-order valence-electron chi connectivity index (χ1n) is 7.82. The Bertz CT molecular complexity index is 878. The smallest absolute Gasteiger partial charge is 0.343 e. The molecule has 0 aliphatic heterocycles. The zero-order chi connectivity index (χ0) is 17.5. The molecule has 0 bridgehead atoms. The topological polar surface area (TPSA) is 63.1 Å². The van der Waals surface area contributed by atoms with Gasteiger partial charge in [0.15, 0.2) is 5.75 Å². The van der Waals surface area contributed by atoms with Crippen LogP contribution < -0.4 is 10.1 Å². The largest absolute Gasteiger partial charge is 0.420 e. The Kier molecular flexibility index (Phi) is 5.16. The third-order valence-electron chi connectivity index (χ3n) is 3.49. The molecule has 1 N–H and O–H groups in total. The lowest BCUT2D eigenvalue weighted by Crippen LogP contribution is -2.08. The Hall–Kier alpha value is -3.47. The molecule has 0 unspecified atom stereocenters. The van der Waals surface area contributed by atoms with E-state index in [1.165, 1.54) is 0 Å². The highest BCUT2D eigenvalue weighted by Gasteiger charge is 2.12. The molecule has 0 amide bonds. The van der Waals surface area contributed by atoms with Crippen molar-refractivity contribution in [2.24, 2.45) is 10.2 Å². The van der Waals surface area contributed by atoms with Crippen LogP contribution in [0.3, 0.4) is 0 Å². The first-order valence-corrected chi connectivity index (χ1v) is 7.82. The van der Waals surface area contributed by atoms with Crippen LogP contribution in [0.1, 0.15) is 10.4 Å². The van der Waals surface area contributed by atoms with Gasteiger partial charge in [-0.05, 0) is 36.4 Å². The van der Waals surface area contributed by atoms with Crippen LogP contribution in [0.15, 0.2) is 89.1 Å². The number of benzene rings is 3. The number of ether oxygens (including phenoxy) is 1. The maximum atomic E-state index is 12.3. The summed E-state index contributed by atoms with van der Waals surface area (Å²) in [4.78, 5) is 12.3. The highest BCUT2D eigenvalue weighted by molar-refractivity contribution is 5.91. The number of azo groups is 1. The van der Waals surface area contributed by atoms with Crippen molar-refractivity contribution in [2.45, 2.75) is 0 Å². The van der Waals surface area contributed by atoms with E-state index in [1.54, 1.807) is 43.4 Å². The molecular weight excluding hydrogens is 314 g/mol. The Morgan fingerprint density at radius 2 is 1.56 bits per heavy atom. The highest BCUT2D eigenvalue weighted by atomic mass is 16.5. The van der Waals surface area contributed by atoms with Crippen molar-refractivity contribution < 1.29 is 9.53 Å². The molecule has 0 atom stereocenters. The lowest BCUT2D eigenvalue weighted by Gasteiger charge is -2.09. The summed E-state index contributed by atoms with van der Waals surface area (Å²) >= 11 is 0. The average Bonchev–Trinajstić information content (AvgIpc) is 2.68. The summed E-state index contributed by atoms with van der Waals surface area (Å²) in [6.45, 7) is 0. The fourth-order valence-electron chi connectivity index (χ4n) is 2.17. The van der Waals surface area contributed by atoms with E-state index in [0.29, 0.717) is 17.0 Å². The van der Waals surface area contributed by atoms with Crippen LogP contribution in [0.2, 0.25) is 0 Å². The molecule has 0 saturated heterocycles. The van der Waals surface area contributed by atoms with Crippen LogP contribution >= 0.6 is 0 Å². The lowest BCUT2D eigenvalue weighted by molar-refractivity contribution is 0.0735. The van der Waals surface area contributed by atoms with Crippen LogP contribution in [0.25, 0.3) is 0 Å². The minimum Gasteiger partial charge on any atom is -0.420 e. The van der Waals surface area contributed by atoms with E-state index < -0.39 is 5.97 Å². The van der Waals surface area contributed by atoms with Crippen LogP contribution in [0.5, 0.6) is 5.75 Å². The molecule has 0 fully saturated rings. The SMILES string of the molecule is CNc1ccc(N=Nc2ccccc2)c(OC(=O)c2ccccc2)c1. The minimum atomic E-state index is -0.440. The second kappa shape index (κ2) is 7.88. The van der Waals surface area contributed by atoms with Gasteiger partial charge in [-0.25, -0.2) is 4.79 Å². The fraction of sp³-hybridized carbons (Fsp3) is 0.0500. The minimum absolute atomic E-state index is 0.348. The van der Waals surface area contributed by atoms with Gasteiger partial charge in [-0.15, -0.1) is 5.11 Å². The molecule has 0 spiro atoms. The molecule has 0 aliphatic carbocycles. The van der Waals surface area contributed by atoms with Gasteiger partial charge in [0.1, 0.15) is 5.69 Å². The standard InChI is InChI=1S/C20H17N3O2/c1-21-17-12-13-18(23-22-16-10-6-3-7-11-16)19(14-17)25-20(24)15-8-4-2-5-9-15/h2-14,21H,1H3. The summed E-state index contributed by atoms with van der Waals surface area (Å²) in [7, 11) is 1.79. The van der Waals surface area contributed by atoms with Crippen molar-refractivity contribution in [3.8, 4) is 5.75 Å². The Balaban J connectivity index is 1.88. The first kappa shape index (κ1) is 16.4. The summed E-state index contributed by atoms with van der Waals surface area (Å²) in [6, 6.07) is 23.5. The molecule has 0 saturated carbocycles. The van der Waals surface area contributed by atoms with Gasteiger partial charge in [0.25, 0.3) is 0 Å². The number of carbonyl (C=O) groups excluding carboxylic acids is 1. The quantitative estimate of drug-likeness (QED) is 0.389. The van der Waals surface area contributed by atoms with Crippen LogP contribution in [-0.2, 0) is 0 Å². The molecular formula is C20H17N3O2. The summed E-state index contributed by atoms with van der Waals surface area (Å²) < 4.78 is 5.53. The van der Waals surface area contributed by atoms with Crippen LogP contribution in [0, 0.1) is 0 Å². The van der Waals surface area contributed by atoms with Gasteiger partial charge in [0.2, 0.25) is 0 Å². The number of rotatable bonds is 5. The van der Waals surface area contributed by atoms with E-state index in [2.05, 4.69) is 15.5 Å². The molecule has 3 aromatic rings. The van der Waals surface area contributed by atoms with E-state index >= 15 is 0 Å². The normalized spacial score (nSPS) is 10.6. The monoisotopic (exact) mass is 331 g/mol. The van der Waals surface area contributed by atoms with Crippen LogP contribution in [0.4, 0.5) is 17.1 Å². The van der Waals surface area contributed by atoms with Crippen molar-refractivity contribution in [1.82, 2.24) is 0 Å². The molecule has 5 nitrogen and oxygen atoms in total. The predicted molar refractivity (Wildman–Crippen MR) is 98.0 cm³/mol. The lowest BCUT2D eigenvalue weighted by atomic mass is 10.2. The number of carbonyl (C=O) groups is 1. The second-order valence-electron chi connectivity index (χ2n) is 5.22. The van der Waals surface area contributed by atoms with Gasteiger partial charge in [-0.3, -0.25) is 0 Å². The number of esters is 1. The Morgan fingerprint density at radius 1 is 0.880 bits per heavy atom. The zero-order valence-corrected chi connectivity index (χ0v) is 13.7. The molecule has 0 aromatic heterocycles. The van der Waals surface area contributed by atoms with Crippen molar-refractivity contribution in [3.05, 3.63) is 84.4 Å². The maximum Gasteiger partial charge on any atom is 0.343 e. The predicted octanol–water partition coefficient (Wildman–Crippen LogP) is 5.36. The molecule has 124 valence electrons. The number of nitrogens with one attached hydrogen (secondary N) is 1. The van der Waals surface area contributed by atoms with Crippen molar-refractivity contribution in [3.63, 3.8) is 0 Å². The molecule has 0 heterocycles. The number of anilines is 1. The second-order valence-corrected chi connectivity index (χ2v) is 5.22. The average molecular weight is 331 g/mol. The maximum absolute atomic E-state index is 12.3. The molecule has 0 aliphatic rings. The van der Waals surface area contributed by atoms with Crippen LogP contribution in [-0.4, -0.2) is 13.0 Å². The molecule has 3 aromatic carbocycles. The fourth-order valence-corrected chi connectivity index (χ4v) is 2.17. The molecule has 0 radical (unpaired) electrons. The number of nitrogens with zero attached hydrogens (tertiary/aromatic N) is 2. The third-order valence-corrected chi connectivity index (χ3v) is 3.49. The highest BCUT2D eigenvalue weighted by Crippen LogP contribution is 2.32. The number of hydrogen-bond donors (Lipinski definition) is 1. The van der Waals surface area contributed by atoms with Gasteiger partial charge >= 0.3 is 5.97 Å². The van der Waals surface area contributed by atoms with E-state index in [9.17, 15) is 4.79 Å². The summed E-state index contributed by atoms with van der Waals surface area (Å²) in [6.07, 6.45) is 0. The van der Waals surface area contributed by atoms with E-state index in [1.807, 2.05) is 42.5 Å².